The van der Waals surface area contributed by atoms with Gasteiger partial charge >= 0.3 is 0 Å². The molecule has 3 atom stereocenters. The summed E-state index contributed by atoms with van der Waals surface area (Å²) < 4.78 is 131. The van der Waals surface area contributed by atoms with E-state index in [1.165, 1.54) is 166 Å². The molecule has 12 rings (SSSR count). The molecule has 3 unspecified atom stereocenters. The number of hydrogen-bond acceptors (Lipinski definition) is 26. The lowest BCUT2D eigenvalue weighted by molar-refractivity contribution is -0.501. The molecule has 132 heavy (non-hydrogen) atoms. The topological polar surface area (TPSA) is 417 Å². The average Bonchev–Trinajstić information content (AvgIpc) is 0.808. The molecule has 0 aliphatic carbocycles. The number of nitro groups is 3. The molecule has 7 heterocycles. The lowest BCUT2D eigenvalue weighted by atomic mass is 9.97. The van der Waals surface area contributed by atoms with Crippen LogP contribution in [0.4, 0.5) is 30.7 Å². The fraction of sp³-hybridized carbons (Fsp3) is 0.216. The average molecular weight is 2170 g/mol. The van der Waals surface area contributed by atoms with Crippen molar-refractivity contribution in [2.75, 3.05) is 69.4 Å². The Morgan fingerprint density at radius 3 is 0.985 bits per heavy atom. The number of allylic oxidation sites excluding steroid dienone is 1. The van der Waals surface area contributed by atoms with Crippen molar-refractivity contribution in [1.82, 2.24) is 34.9 Å². The molecule has 0 saturated carbocycles. The number of carbonyl (C=O) groups excluding carboxylic acids is 2. The number of carbonyl (C=O) groups is 2. The number of pyridine rings is 7. The summed E-state index contributed by atoms with van der Waals surface area (Å²) in [5.41, 5.74) is 19.0. The number of alkyl halides is 2. The lowest BCUT2D eigenvalue weighted by Crippen LogP contribution is -2.41. The van der Waals surface area contributed by atoms with E-state index in [9.17, 15) is 75.8 Å². The number of ketones is 2. The van der Waals surface area contributed by atoms with E-state index in [1.807, 2.05) is 12.1 Å². The highest BCUT2D eigenvalue weighted by Gasteiger charge is 2.34. The minimum Gasteiger partial charge on any atom is -0.494 e. The Bertz CT molecular complexity index is 6070. The Balaban J connectivity index is 0.000000241. The predicted molar refractivity (Wildman–Crippen MR) is 502 cm³/mol. The van der Waals surface area contributed by atoms with Gasteiger partial charge in [-0.15, -0.1) is 0 Å². The molecular formula is C88H80Br2Cl5F7IN13O16. The Morgan fingerprint density at radius 1 is 0.424 bits per heavy atom. The summed E-state index contributed by atoms with van der Waals surface area (Å²) in [4.78, 5) is 81.6. The van der Waals surface area contributed by atoms with Crippen LogP contribution < -0.4 is 50.4 Å². The summed E-state index contributed by atoms with van der Waals surface area (Å²) in [5, 5.41) is 41.9. The first-order valence-corrected chi connectivity index (χ1v) is 42.2. The SMILES string of the molecule is COc1ccc(/C(=C\[N+](=O)[O-])C(F)F)nc1-c1ccc(F)c(Cl)c1.COc1ccc(C(C)(N)CN)nc1-c1ccc(F)c(Cl)c1.COc1ccc(C(C)(N)C[N+](=O)[O-])nc1-c1ccc(F)c(Cl)c1.COc1ccc(C(C)(O)C[N+](=O)[O-])nc1-c1ccc(F)c(Cl)c1.COc1ccc(C(C)=O)nc1-c1ccc(F)c(Cl)c1.COc1ccc(C(C)=O)nc1Br.COc1ccc(I)nc1Br. The monoisotopic (exact) mass is 2170 g/mol. The van der Waals surface area contributed by atoms with Crippen LogP contribution in [0, 0.1) is 63.1 Å². The third kappa shape index (κ3) is 31.1. The van der Waals surface area contributed by atoms with Crippen molar-refractivity contribution in [2.45, 2.75) is 57.7 Å². The molecule has 44 heteroatoms. The molecule has 0 aliphatic rings. The maximum absolute atomic E-state index is 13.3. The maximum Gasteiger partial charge on any atom is 0.271 e. The molecule has 0 bridgehead atoms. The summed E-state index contributed by atoms with van der Waals surface area (Å²) in [5.74, 6) is 0.453. The van der Waals surface area contributed by atoms with Gasteiger partial charge in [0.05, 0.1) is 108 Å². The highest BCUT2D eigenvalue weighted by Crippen LogP contribution is 2.40. The Labute approximate surface area is 806 Å². The van der Waals surface area contributed by atoms with Crippen molar-refractivity contribution in [1.29, 1.82) is 0 Å². The summed E-state index contributed by atoms with van der Waals surface area (Å²) in [7, 11) is 10.4. The molecule has 0 spiro atoms. The number of ether oxygens (including phenoxy) is 7. The predicted octanol–water partition coefficient (Wildman–Crippen LogP) is 21.4. The number of halogens is 15. The van der Waals surface area contributed by atoms with Gasteiger partial charge in [0, 0.05) is 58.1 Å². The normalized spacial score (nSPS) is 12.1. The van der Waals surface area contributed by atoms with E-state index < -0.39 is 85.6 Å². The van der Waals surface area contributed by atoms with Crippen LogP contribution in [0.3, 0.4) is 0 Å². The van der Waals surface area contributed by atoms with Crippen molar-refractivity contribution in [2.24, 2.45) is 17.2 Å². The zero-order valence-corrected chi connectivity index (χ0v) is 80.6. The lowest BCUT2D eigenvalue weighted by Gasteiger charge is -2.23. The Kier molecular flexibility index (Phi) is 41.7. The molecule has 0 aliphatic heterocycles. The van der Waals surface area contributed by atoms with Crippen molar-refractivity contribution < 1.29 is 93.4 Å². The van der Waals surface area contributed by atoms with Gasteiger partial charge in [-0.1, -0.05) is 58.0 Å². The second kappa shape index (κ2) is 50.4. The third-order valence-corrected chi connectivity index (χ3v) is 21.1. The first kappa shape index (κ1) is 109. The molecule has 0 amide bonds. The first-order valence-electron chi connectivity index (χ1n) is 37.6. The number of nitrogens with two attached hydrogens (primary N) is 3. The van der Waals surface area contributed by atoms with E-state index in [-0.39, 0.29) is 72.3 Å². The fourth-order valence-corrected chi connectivity index (χ4v) is 13.7. The number of methoxy groups -OCH3 is 7. The van der Waals surface area contributed by atoms with E-state index in [4.69, 9.17) is 108 Å². The van der Waals surface area contributed by atoms with E-state index >= 15 is 0 Å². The largest absolute Gasteiger partial charge is 0.494 e. The van der Waals surface area contributed by atoms with Crippen LogP contribution in [0.25, 0.3) is 61.9 Å². The Morgan fingerprint density at radius 2 is 0.697 bits per heavy atom. The van der Waals surface area contributed by atoms with Gasteiger partial charge in [-0.25, -0.2) is 65.6 Å². The minimum atomic E-state index is -3.10. The number of benzene rings is 5. The van der Waals surface area contributed by atoms with Crippen LogP contribution in [-0.4, -0.2) is 142 Å². The van der Waals surface area contributed by atoms with Gasteiger partial charge in [0.15, 0.2) is 28.7 Å². The molecule has 7 aromatic heterocycles. The smallest absolute Gasteiger partial charge is 0.271 e. The quantitative estimate of drug-likeness (QED) is 0.0103. The second-order valence-electron chi connectivity index (χ2n) is 27.8. The van der Waals surface area contributed by atoms with Gasteiger partial charge in [0.2, 0.25) is 19.3 Å². The van der Waals surface area contributed by atoms with E-state index in [0.717, 1.165) is 20.1 Å². The molecular weight excluding hydrogens is 2090 g/mol. The van der Waals surface area contributed by atoms with Crippen LogP contribution in [0.1, 0.15) is 78.4 Å². The van der Waals surface area contributed by atoms with Crippen LogP contribution in [-0.2, 0) is 16.7 Å². The molecule has 5 aromatic carbocycles. The summed E-state index contributed by atoms with van der Waals surface area (Å²) >= 11 is 37.5. The van der Waals surface area contributed by atoms with Gasteiger partial charge in [0.25, 0.3) is 6.43 Å². The number of hydrogen-bond donors (Lipinski definition) is 4. The number of nitrogens with zero attached hydrogens (tertiary/aromatic N) is 10. The van der Waals surface area contributed by atoms with Crippen molar-refractivity contribution >= 4 is 130 Å². The third-order valence-electron chi connectivity index (χ3n) is 17.9. The van der Waals surface area contributed by atoms with E-state index in [2.05, 4.69) is 89.3 Å². The standard InChI is InChI=1S/C15H10ClF3N2O3.C15H15ClFN3O3.C15H17ClFN3O.C15H14ClFN2O4.C14H11ClFNO2.C8H8BrNO2.C6H5BrINO/c1-24-13-5-4-12(9(15(18)19)7-21(22)23)20-14(13)8-2-3-11(17)10(16)6-8;1-15(18,8-20(21)22)13-6-5-12(23-2)14(19-13)9-3-4-11(17)10(16)7-9;1-15(19,8-18)13-6-5-12(21-2)14(20-13)9-3-4-11(17)10(16)7-9;1-15(20,8-19(21)22)13-6-5-12(23-2)14(18-13)9-3-4-11(17)10(16)7-9;1-8(18)12-5-6-13(19-2)14(17-12)9-3-4-11(16)10(15)7-9;1-5(11)6-3-4-7(12-2)8(9)10-6;1-10-4-2-3-5(8)9-6(4)7/h2-7,15H,1H3;3-7H,8,18H2,1-2H3;3-7H,8,18-19H2,1-2H3;3-7,20H,8H2,1-2H3;3-7H,1-2H3;3-4H,1-2H3;2-3H,1H3/b9-7+;;;;;;. The molecule has 0 radical (unpaired) electrons. The number of Topliss-reactive ketones (excluding diaryl/α,β-unsaturated/α-hetero) is 2. The van der Waals surface area contributed by atoms with Gasteiger partial charge in [-0.2, -0.15) is 0 Å². The van der Waals surface area contributed by atoms with Gasteiger partial charge in [0.1, 0.15) is 122 Å². The van der Waals surface area contributed by atoms with Crippen LogP contribution in [0.5, 0.6) is 40.2 Å². The van der Waals surface area contributed by atoms with Crippen molar-refractivity contribution in [3.63, 3.8) is 0 Å². The zero-order valence-electron chi connectivity index (χ0n) is 71.5. The van der Waals surface area contributed by atoms with Gasteiger partial charge in [-0.3, -0.25) is 39.9 Å². The summed E-state index contributed by atoms with van der Waals surface area (Å²) in [6.45, 7) is 6.58. The molecule has 698 valence electrons. The molecule has 0 fully saturated rings. The number of aliphatic hydroxyl groups is 1. The van der Waals surface area contributed by atoms with Crippen molar-refractivity contribution in [3.8, 4) is 96.5 Å². The second-order valence-corrected chi connectivity index (χ2v) is 32.4. The fourth-order valence-electron chi connectivity index (χ4n) is 11.1. The van der Waals surface area contributed by atoms with Crippen molar-refractivity contribution in [3.05, 3.63) is 314 Å². The highest BCUT2D eigenvalue weighted by atomic mass is 127. The maximum atomic E-state index is 13.3. The first-order chi connectivity index (χ1) is 62.1. The van der Waals surface area contributed by atoms with Gasteiger partial charge < -0.3 is 55.5 Å². The highest BCUT2D eigenvalue weighted by molar-refractivity contribution is 14.1. The van der Waals surface area contributed by atoms with E-state index in [1.54, 1.807) is 75.7 Å². The minimum absolute atomic E-state index is 0.00502. The zero-order chi connectivity index (χ0) is 98.6. The summed E-state index contributed by atoms with van der Waals surface area (Å²) in [6.07, 6.45) is -2.90. The van der Waals surface area contributed by atoms with E-state index in [0.29, 0.717) is 107 Å². The van der Waals surface area contributed by atoms with Crippen LogP contribution >= 0.6 is 112 Å². The Hall–Kier alpha value is -11.5. The number of rotatable bonds is 25. The number of aromatic nitrogens is 7. The molecule has 12 aromatic rings. The molecule has 0 saturated heterocycles. The van der Waals surface area contributed by atoms with Gasteiger partial charge in [-0.05, 0) is 251 Å². The molecule has 29 nitrogen and oxygen atoms in total. The summed E-state index contributed by atoms with van der Waals surface area (Å²) in [6, 6.07) is 42.9. The molecule has 7 N–H and O–H groups in total. The van der Waals surface area contributed by atoms with Crippen LogP contribution in [0.15, 0.2) is 191 Å². The van der Waals surface area contributed by atoms with Crippen LogP contribution in [0.2, 0.25) is 25.1 Å².